The molecule has 0 heterocycles. The highest BCUT2D eigenvalue weighted by molar-refractivity contribution is 9.10. The first-order chi connectivity index (χ1) is 9.88. The monoisotopic (exact) mass is 358 g/mol. The lowest BCUT2D eigenvalue weighted by Crippen LogP contribution is -2.29. The van der Waals surface area contributed by atoms with Crippen molar-refractivity contribution in [2.45, 2.75) is 6.18 Å². The number of carbonyl (C=O) groups excluding carboxylic acids is 1. The van der Waals surface area contributed by atoms with Crippen molar-refractivity contribution in [2.24, 2.45) is 0 Å². The fourth-order valence-corrected chi connectivity index (χ4v) is 2.02. The number of hydrazine groups is 1. The third-order valence-corrected chi connectivity index (χ3v) is 3.32. The van der Waals surface area contributed by atoms with Gasteiger partial charge < -0.3 is 0 Å². The Bertz CT molecular complexity index is 644. The van der Waals surface area contributed by atoms with Crippen LogP contribution in [0, 0.1) is 0 Å². The molecule has 0 saturated carbocycles. The van der Waals surface area contributed by atoms with Crippen molar-refractivity contribution in [3.8, 4) is 0 Å². The molecule has 0 bridgehead atoms. The maximum atomic E-state index is 12.7. The maximum absolute atomic E-state index is 12.7. The smallest absolute Gasteiger partial charge is 0.298 e. The van der Waals surface area contributed by atoms with Gasteiger partial charge in [0.05, 0.1) is 16.8 Å². The number of carbonyl (C=O) groups is 1. The number of hydrogen-bond donors (Lipinski definition) is 2. The van der Waals surface area contributed by atoms with Crippen molar-refractivity contribution >= 4 is 27.5 Å². The molecule has 0 spiro atoms. The van der Waals surface area contributed by atoms with E-state index in [1.807, 2.05) is 0 Å². The molecule has 7 heteroatoms. The van der Waals surface area contributed by atoms with Gasteiger partial charge in [0, 0.05) is 4.47 Å². The van der Waals surface area contributed by atoms with Crippen LogP contribution >= 0.6 is 15.9 Å². The second kappa shape index (κ2) is 6.17. The van der Waals surface area contributed by atoms with E-state index in [1.165, 1.54) is 6.07 Å². The summed E-state index contributed by atoms with van der Waals surface area (Å²) in [6, 6.07) is 11.6. The molecule has 1 amide bonds. The molecule has 3 nitrogen and oxygen atoms in total. The van der Waals surface area contributed by atoms with Crippen LogP contribution < -0.4 is 10.9 Å². The zero-order chi connectivity index (χ0) is 15.5. The average molecular weight is 359 g/mol. The number of rotatable bonds is 3. The first kappa shape index (κ1) is 15.4. The van der Waals surface area contributed by atoms with Crippen LogP contribution in [0.2, 0.25) is 0 Å². The quantitative estimate of drug-likeness (QED) is 0.806. The zero-order valence-corrected chi connectivity index (χ0v) is 12.1. The minimum Gasteiger partial charge on any atom is -0.298 e. The largest absolute Gasteiger partial charge is 0.416 e. The summed E-state index contributed by atoms with van der Waals surface area (Å²) in [5.74, 6) is -0.670. The summed E-state index contributed by atoms with van der Waals surface area (Å²) in [4.78, 5) is 11.9. The van der Waals surface area contributed by atoms with E-state index in [0.717, 1.165) is 12.1 Å². The van der Waals surface area contributed by atoms with Gasteiger partial charge in [-0.25, -0.2) is 0 Å². The van der Waals surface area contributed by atoms with Gasteiger partial charge in [-0.05, 0) is 46.3 Å². The fourth-order valence-electron chi connectivity index (χ4n) is 1.59. The van der Waals surface area contributed by atoms with Gasteiger partial charge in [0.2, 0.25) is 0 Å². The fraction of sp³-hybridized carbons (Fsp3) is 0.0714. The van der Waals surface area contributed by atoms with E-state index in [4.69, 9.17) is 0 Å². The van der Waals surface area contributed by atoms with Crippen LogP contribution in [0.25, 0.3) is 0 Å². The number of alkyl halides is 3. The van der Waals surface area contributed by atoms with Crippen LogP contribution in [0.1, 0.15) is 15.9 Å². The van der Waals surface area contributed by atoms with Crippen molar-refractivity contribution in [2.75, 3.05) is 5.43 Å². The van der Waals surface area contributed by atoms with Gasteiger partial charge in [-0.1, -0.05) is 18.2 Å². The molecule has 0 aliphatic rings. The van der Waals surface area contributed by atoms with Crippen LogP contribution in [0.5, 0.6) is 0 Å². The standard InChI is InChI=1S/C14H10BrF3N2O/c15-12-7-6-9(14(16,17)18)8-11(12)13(21)20-19-10-4-2-1-3-5-10/h1-8,19H,(H,20,21). The molecular weight excluding hydrogens is 349 g/mol. The number of amides is 1. The lowest BCUT2D eigenvalue weighted by atomic mass is 10.1. The minimum atomic E-state index is -4.50. The second-order valence-corrected chi connectivity index (χ2v) is 4.99. The Morgan fingerprint density at radius 2 is 1.71 bits per heavy atom. The summed E-state index contributed by atoms with van der Waals surface area (Å²) in [5.41, 5.74) is 4.61. The Balaban J connectivity index is 2.15. The van der Waals surface area contributed by atoms with E-state index in [9.17, 15) is 18.0 Å². The van der Waals surface area contributed by atoms with Crippen LogP contribution in [-0.2, 0) is 6.18 Å². The Morgan fingerprint density at radius 3 is 2.33 bits per heavy atom. The molecule has 0 unspecified atom stereocenters. The third-order valence-electron chi connectivity index (χ3n) is 2.63. The molecule has 110 valence electrons. The van der Waals surface area contributed by atoms with E-state index in [2.05, 4.69) is 26.8 Å². The Morgan fingerprint density at radius 1 is 1.05 bits per heavy atom. The first-order valence-electron chi connectivity index (χ1n) is 5.86. The summed E-state index contributed by atoms with van der Waals surface area (Å²) >= 11 is 3.07. The molecule has 0 aliphatic heterocycles. The molecular formula is C14H10BrF3N2O. The Kier molecular flexibility index (Phi) is 4.52. The topological polar surface area (TPSA) is 41.1 Å². The van der Waals surface area contributed by atoms with Gasteiger partial charge >= 0.3 is 6.18 Å². The Hall–Kier alpha value is -2.02. The summed E-state index contributed by atoms with van der Waals surface area (Å²) < 4.78 is 38.2. The summed E-state index contributed by atoms with van der Waals surface area (Å²) in [5, 5.41) is 0. The SMILES string of the molecule is O=C(NNc1ccccc1)c1cc(C(F)(F)F)ccc1Br. The number of para-hydroxylation sites is 1. The van der Waals surface area contributed by atoms with Crippen LogP contribution in [-0.4, -0.2) is 5.91 Å². The number of anilines is 1. The summed E-state index contributed by atoms with van der Waals surface area (Å²) in [6.45, 7) is 0. The summed E-state index contributed by atoms with van der Waals surface area (Å²) in [6.07, 6.45) is -4.50. The van der Waals surface area contributed by atoms with Crippen LogP contribution in [0.15, 0.2) is 53.0 Å². The number of nitrogens with one attached hydrogen (secondary N) is 2. The van der Waals surface area contributed by atoms with Gasteiger partial charge in [-0.15, -0.1) is 0 Å². The molecule has 0 aliphatic carbocycles. The van der Waals surface area contributed by atoms with Crippen molar-refractivity contribution in [3.63, 3.8) is 0 Å². The Labute approximate surface area is 127 Å². The van der Waals surface area contributed by atoms with Crippen molar-refractivity contribution in [1.29, 1.82) is 0 Å². The van der Waals surface area contributed by atoms with Crippen molar-refractivity contribution < 1.29 is 18.0 Å². The summed E-state index contributed by atoms with van der Waals surface area (Å²) in [7, 11) is 0. The second-order valence-electron chi connectivity index (χ2n) is 4.14. The van der Waals surface area contributed by atoms with Gasteiger partial charge in [-0.3, -0.25) is 15.6 Å². The normalized spacial score (nSPS) is 11.0. The number of hydrogen-bond acceptors (Lipinski definition) is 2. The predicted molar refractivity (Wildman–Crippen MR) is 76.7 cm³/mol. The maximum Gasteiger partial charge on any atom is 0.416 e. The lowest BCUT2D eigenvalue weighted by molar-refractivity contribution is -0.137. The van der Waals surface area contributed by atoms with E-state index in [-0.39, 0.29) is 10.0 Å². The molecule has 0 saturated heterocycles. The highest BCUT2D eigenvalue weighted by Gasteiger charge is 2.31. The highest BCUT2D eigenvalue weighted by atomic mass is 79.9. The van der Waals surface area contributed by atoms with E-state index < -0.39 is 17.6 Å². The van der Waals surface area contributed by atoms with Crippen LogP contribution in [0.3, 0.4) is 0 Å². The zero-order valence-electron chi connectivity index (χ0n) is 10.5. The molecule has 0 radical (unpaired) electrons. The van der Waals surface area contributed by atoms with Crippen LogP contribution in [0.4, 0.5) is 18.9 Å². The predicted octanol–water partition coefficient (Wildman–Crippen LogP) is 4.22. The molecule has 0 aromatic heterocycles. The molecule has 2 rings (SSSR count). The number of benzene rings is 2. The highest BCUT2D eigenvalue weighted by Crippen LogP contribution is 2.31. The van der Waals surface area contributed by atoms with Gasteiger partial charge in [0.25, 0.3) is 5.91 Å². The molecule has 0 fully saturated rings. The number of halogens is 4. The van der Waals surface area contributed by atoms with Gasteiger partial charge in [0.1, 0.15) is 0 Å². The van der Waals surface area contributed by atoms with Crippen molar-refractivity contribution in [1.82, 2.24) is 5.43 Å². The molecule has 2 aromatic carbocycles. The van der Waals surface area contributed by atoms with E-state index in [1.54, 1.807) is 30.3 Å². The molecule has 21 heavy (non-hydrogen) atoms. The van der Waals surface area contributed by atoms with Crippen molar-refractivity contribution in [3.05, 3.63) is 64.1 Å². The molecule has 0 atom stereocenters. The van der Waals surface area contributed by atoms with E-state index >= 15 is 0 Å². The van der Waals surface area contributed by atoms with Gasteiger partial charge in [0.15, 0.2) is 0 Å². The molecule has 2 N–H and O–H groups in total. The average Bonchev–Trinajstić information content (AvgIpc) is 2.45. The molecule has 2 aromatic rings. The van der Waals surface area contributed by atoms with E-state index in [0.29, 0.717) is 5.69 Å². The third kappa shape index (κ3) is 3.98. The van der Waals surface area contributed by atoms with Gasteiger partial charge in [-0.2, -0.15) is 13.2 Å². The first-order valence-corrected chi connectivity index (χ1v) is 6.65. The minimum absolute atomic E-state index is 0.103. The lowest BCUT2D eigenvalue weighted by Gasteiger charge is -2.12.